The van der Waals surface area contributed by atoms with E-state index in [9.17, 15) is 29.9 Å². The lowest BCUT2D eigenvalue weighted by Gasteiger charge is -2.42. The number of phenolic OH excluding ortho intramolecular Hbond substituents is 2. The molecule has 5 N–H and O–H groups in total. The number of phenols is 2. The van der Waals surface area contributed by atoms with Crippen LogP contribution in [0.2, 0.25) is 0 Å². The van der Waals surface area contributed by atoms with Crippen molar-refractivity contribution in [3.63, 3.8) is 0 Å². The number of carbonyl (C=O) groups is 2. The number of halogens is 1. The maximum absolute atomic E-state index is 15.6. The molecule has 17 heteroatoms. The molecule has 4 aromatic carbocycles. The quantitative estimate of drug-likeness (QED) is 0.0894. The Morgan fingerprint density at radius 3 is 2.62 bits per heavy atom. The summed E-state index contributed by atoms with van der Waals surface area (Å²) in [7, 11) is 0. The van der Waals surface area contributed by atoms with Crippen molar-refractivity contribution in [3.8, 4) is 34.6 Å². The van der Waals surface area contributed by atoms with E-state index in [0.29, 0.717) is 44.1 Å². The van der Waals surface area contributed by atoms with Gasteiger partial charge < -0.3 is 35.5 Å². The van der Waals surface area contributed by atoms with Gasteiger partial charge >= 0.3 is 5.69 Å². The van der Waals surface area contributed by atoms with Crippen molar-refractivity contribution in [3.05, 3.63) is 124 Å². The average Bonchev–Trinajstić information content (AvgIpc) is 3.68. The van der Waals surface area contributed by atoms with Gasteiger partial charge in [0.05, 0.1) is 42.0 Å². The molecule has 0 saturated carbocycles. The highest BCUT2D eigenvalue weighted by Gasteiger charge is 2.33. The molecule has 64 heavy (non-hydrogen) atoms. The summed E-state index contributed by atoms with van der Waals surface area (Å²) in [4.78, 5) is 54.7. The van der Waals surface area contributed by atoms with E-state index in [0.717, 1.165) is 50.7 Å². The zero-order chi connectivity index (χ0) is 45.1. The monoisotopic (exact) mass is 865 g/mol. The van der Waals surface area contributed by atoms with Gasteiger partial charge in [0.25, 0.3) is 0 Å². The summed E-state index contributed by atoms with van der Waals surface area (Å²) >= 11 is 0. The average molecular weight is 866 g/mol. The Hall–Kier alpha value is -7.74. The van der Waals surface area contributed by atoms with Crippen LogP contribution in [0.5, 0.6) is 11.5 Å². The first-order chi connectivity index (χ1) is 30.9. The van der Waals surface area contributed by atoms with Gasteiger partial charge in [-0.25, -0.2) is 23.8 Å². The highest BCUT2D eigenvalue weighted by molar-refractivity contribution is 5.94. The van der Waals surface area contributed by atoms with Crippen molar-refractivity contribution in [2.45, 2.75) is 58.2 Å². The van der Waals surface area contributed by atoms with Crippen LogP contribution in [-0.2, 0) is 29.1 Å². The number of aromatic nitrogens is 5. The number of hydrogen-bond donors (Lipinski definition) is 5. The molecule has 2 amide bonds. The molecule has 4 heterocycles. The predicted molar refractivity (Wildman–Crippen MR) is 241 cm³/mol. The molecule has 0 bridgehead atoms. The van der Waals surface area contributed by atoms with Crippen molar-refractivity contribution in [2.75, 3.05) is 47.8 Å². The second-order valence-electron chi connectivity index (χ2n) is 16.2. The number of benzene rings is 4. The number of aromatic amines is 1. The summed E-state index contributed by atoms with van der Waals surface area (Å²) in [5.74, 6) is -0.659. The predicted octanol–water partition coefficient (Wildman–Crippen LogP) is 5.64. The summed E-state index contributed by atoms with van der Waals surface area (Å²) in [5, 5.41) is 45.3. The normalized spacial score (nSPS) is 14.9. The van der Waals surface area contributed by atoms with Gasteiger partial charge in [-0.3, -0.25) is 9.59 Å². The number of hydrogen-bond acceptors (Lipinski definition) is 12. The van der Waals surface area contributed by atoms with E-state index in [2.05, 4.69) is 67.5 Å². The Kier molecular flexibility index (Phi) is 12.3. The third-order valence-electron chi connectivity index (χ3n) is 11.8. The number of piperazine rings is 1. The number of aromatic hydroxyl groups is 2. The largest absolute Gasteiger partial charge is 0.508 e. The third kappa shape index (κ3) is 8.67. The SMILES string of the molecule is C=CC(=O)N1CCN(c2nc(NCCC(=O)NCc3ccc(-n4c(-c5cc(C(C)C)c(O)cc5O)n[nH]c4=O)cc3F)nc3c2CCN(c2cccc4ccccc24)C3)C[C@H]1CC#N. The fourth-order valence-corrected chi connectivity index (χ4v) is 8.52. The summed E-state index contributed by atoms with van der Waals surface area (Å²) in [6.45, 7) is 9.98. The summed E-state index contributed by atoms with van der Waals surface area (Å²) in [5.41, 5.74) is 3.30. The Morgan fingerprint density at radius 1 is 1.03 bits per heavy atom. The minimum Gasteiger partial charge on any atom is -0.508 e. The molecule has 2 aliphatic rings. The fourth-order valence-electron chi connectivity index (χ4n) is 8.52. The molecular weight excluding hydrogens is 818 g/mol. The van der Waals surface area contributed by atoms with Gasteiger partial charge in [0, 0.05) is 74.0 Å². The van der Waals surface area contributed by atoms with Gasteiger partial charge in [0.15, 0.2) is 5.82 Å². The molecule has 1 fully saturated rings. The number of fused-ring (bicyclic) bond motifs is 2. The second kappa shape index (κ2) is 18.3. The number of amides is 2. The molecule has 8 rings (SSSR count). The molecule has 16 nitrogen and oxygen atoms in total. The number of rotatable bonds is 13. The third-order valence-corrected chi connectivity index (χ3v) is 11.8. The van der Waals surface area contributed by atoms with E-state index < -0.39 is 11.5 Å². The van der Waals surface area contributed by atoms with Crippen LogP contribution < -0.4 is 26.1 Å². The van der Waals surface area contributed by atoms with Crippen LogP contribution in [0, 0.1) is 17.1 Å². The number of H-pyrrole nitrogens is 1. The Balaban J connectivity index is 0.967. The lowest BCUT2D eigenvalue weighted by atomic mass is 9.98. The Bertz CT molecular complexity index is 2860. The first kappa shape index (κ1) is 42.9. The van der Waals surface area contributed by atoms with E-state index in [1.165, 1.54) is 30.3 Å². The summed E-state index contributed by atoms with van der Waals surface area (Å²) in [6, 6.07) is 23.2. The topological polar surface area (TPSA) is 209 Å². The van der Waals surface area contributed by atoms with Gasteiger partial charge in [-0.05, 0) is 53.6 Å². The molecule has 2 aromatic heterocycles. The highest BCUT2D eigenvalue weighted by Crippen LogP contribution is 2.38. The van der Waals surface area contributed by atoms with Gasteiger partial charge in [-0.15, -0.1) is 0 Å². The zero-order valence-corrected chi connectivity index (χ0v) is 35.5. The second-order valence-corrected chi connectivity index (χ2v) is 16.2. The smallest absolute Gasteiger partial charge is 0.348 e. The van der Waals surface area contributed by atoms with Crippen LogP contribution in [-0.4, -0.2) is 90.4 Å². The number of nitrogens with one attached hydrogen (secondary N) is 3. The lowest BCUT2D eigenvalue weighted by molar-refractivity contribution is -0.128. The van der Waals surface area contributed by atoms with Gasteiger partial charge in [0.1, 0.15) is 23.1 Å². The minimum atomic E-state index is -0.674. The molecule has 0 radical (unpaired) electrons. The van der Waals surface area contributed by atoms with Crippen LogP contribution in [0.1, 0.15) is 55.0 Å². The zero-order valence-electron chi connectivity index (χ0n) is 35.5. The Labute approximate surface area is 368 Å². The van der Waals surface area contributed by atoms with Crippen molar-refractivity contribution in [1.82, 2.24) is 34.9 Å². The van der Waals surface area contributed by atoms with Gasteiger partial charge in [-0.1, -0.05) is 62.9 Å². The van der Waals surface area contributed by atoms with Gasteiger partial charge in [0.2, 0.25) is 17.8 Å². The fraction of sp³-hybridized carbons (Fsp3) is 0.298. The Morgan fingerprint density at radius 2 is 1.84 bits per heavy atom. The number of anilines is 3. The number of carbonyl (C=O) groups excluding carboxylic acids is 2. The van der Waals surface area contributed by atoms with E-state index in [-0.39, 0.29) is 83.8 Å². The summed E-state index contributed by atoms with van der Waals surface area (Å²) in [6.07, 6.45) is 2.12. The van der Waals surface area contributed by atoms with E-state index in [1.54, 1.807) is 4.90 Å². The van der Waals surface area contributed by atoms with Crippen LogP contribution in [0.15, 0.2) is 90.2 Å². The van der Waals surface area contributed by atoms with Gasteiger partial charge in [-0.2, -0.15) is 15.3 Å². The molecule has 328 valence electrons. The van der Waals surface area contributed by atoms with E-state index >= 15 is 4.39 Å². The van der Waals surface area contributed by atoms with Crippen LogP contribution >= 0.6 is 0 Å². The minimum absolute atomic E-state index is 0.0203. The van der Waals surface area contributed by atoms with Crippen LogP contribution in [0.25, 0.3) is 27.8 Å². The molecule has 0 aliphatic carbocycles. The number of nitrogens with zero attached hydrogens (tertiary/aromatic N) is 8. The molecule has 1 atom stereocenters. The number of nitriles is 1. The molecule has 0 unspecified atom stereocenters. The van der Waals surface area contributed by atoms with Crippen molar-refractivity contribution >= 4 is 40.0 Å². The summed E-state index contributed by atoms with van der Waals surface area (Å²) < 4.78 is 16.7. The van der Waals surface area contributed by atoms with E-state index in [1.807, 2.05) is 32.0 Å². The first-order valence-electron chi connectivity index (χ1n) is 21.1. The standard InChI is InChI=1S/C47H48FN11O5/c1-4-43(63)58-21-20-57(26-32(58)14-17-49)44-34-16-19-56(39-11-7-9-29-8-5-6-10-33(29)39)27-38(34)52-46(53-44)50-18-15-42(62)51-25-30-12-13-31(22-37(30)48)59-45(54-55-47(59)64)36-23-35(28(2)3)40(60)24-41(36)61/h4-13,22-24,28,32,60-61H,1,14-16,18-21,25-27H2,2-3H3,(H,51,62)(H,55,64)(H,50,52,53)/t32-/m1/s1. The highest BCUT2D eigenvalue weighted by atomic mass is 19.1. The van der Waals surface area contributed by atoms with Crippen molar-refractivity contribution in [1.29, 1.82) is 5.26 Å². The maximum Gasteiger partial charge on any atom is 0.348 e. The first-order valence-corrected chi connectivity index (χ1v) is 21.1. The molecule has 0 spiro atoms. The van der Waals surface area contributed by atoms with Crippen molar-refractivity contribution in [2.24, 2.45) is 0 Å². The maximum atomic E-state index is 15.6. The van der Waals surface area contributed by atoms with Crippen LogP contribution in [0.4, 0.5) is 21.8 Å². The van der Waals surface area contributed by atoms with Crippen LogP contribution in [0.3, 0.4) is 0 Å². The lowest BCUT2D eigenvalue weighted by Crippen LogP contribution is -2.55. The molecule has 2 aliphatic heterocycles. The molecular formula is C47H48FN11O5. The van der Waals surface area contributed by atoms with Crippen molar-refractivity contribution < 1.29 is 24.2 Å². The molecule has 6 aromatic rings. The van der Waals surface area contributed by atoms with E-state index in [4.69, 9.17) is 9.97 Å². The molecule has 1 saturated heterocycles.